The Hall–Kier alpha value is -2.06. The summed E-state index contributed by atoms with van der Waals surface area (Å²) in [6, 6.07) is 1.11. The number of carbonyl (C=O) groups is 1. The highest BCUT2D eigenvalue weighted by Gasteiger charge is 2.16. The van der Waals surface area contributed by atoms with Crippen molar-refractivity contribution in [3.63, 3.8) is 0 Å². The van der Waals surface area contributed by atoms with Gasteiger partial charge in [-0.15, -0.1) is 11.3 Å². The minimum Gasteiger partial charge on any atom is -0.352 e. The van der Waals surface area contributed by atoms with Crippen LogP contribution in [-0.2, 0) is 6.42 Å². The fraction of sp³-hybridized carbons (Fsp3) is 0.250. The van der Waals surface area contributed by atoms with Gasteiger partial charge in [-0.3, -0.25) is 14.9 Å². The summed E-state index contributed by atoms with van der Waals surface area (Å²) in [5.41, 5.74) is 0.598. The molecule has 110 valence electrons. The zero-order valence-electron chi connectivity index (χ0n) is 11.0. The largest absolute Gasteiger partial charge is 0.352 e. The van der Waals surface area contributed by atoms with E-state index in [1.807, 2.05) is 12.3 Å². The minimum atomic E-state index is -0.627. The Morgan fingerprint density at radius 1 is 1.57 bits per heavy atom. The topological polar surface area (TPSA) is 98.0 Å². The smallest absolute Gasteiger partial charge is 0.288 e. The van der Waals surface area contributed by atoms with Crippen molar-refractivity contribution in [3.8, 4) is 0 Å². The minimum absolute atomic E-state index is 0.0136. The fourth-order valence-electron chi connectivity index (χ4n) is 1.62. The summed E-state index contributed by atoms with van der Waals surface area (Å²) in [5.74, 6) is -0.497. The van der Waals surface area contributed by atoms with Gasteiger partial charge in [0, 0.05) is 24.4 Å². The predicted molar refractivity (Wildman–Crippen MR) is 78.8 cm³/mol. The maximum Gasteiger partial charge on any atom is 0.288 e. The zero-order chi connectivity index (χ0) is 15.4. The normalized spacial score (nSPS) is 10.4. The summed E-state index contributed by atoms with van der Waals surface area (Å²) in [7, 11) is 0. The molecule has 2 rings (SSSR count). The van der Waals surface area contributed by atoms with Crippen LogP contribution in [0.4, 0.5) is 5.69 Å². The van der Waals surface area contributed by atoms with Crippen LogP contribution < -0.4 is 5.32 Å². The van der Waals surface area contributed by atoms with Crippen molar-refractivity contribution in [2.24, 2.45) is 0 Å². The summed E-state index contributed by atoms with van der Waals surface area (Å²) in [5, 5.41) is 16.1. The van der Waals surface area contributed by atoms with Gasteiger partial charge in [-0.2, -0.15) is 0 Å². The highest BCUT2D eigenvalue weighted by Crippen LogP contribution is 2.18. The Morgan fingerprint density at radius 3 is 2.95 bits per heavy atom. The van der Waals surface area contributed by atoms with Crippen molar-refractivity contribution in [3.05, 3.63) is 49.2 Å². The molecule has 2 aromatic heterocycles. The van der Waals surface area contributed by atoms with E-state index in [0.717, 1.165) is 23.0 Å². The van der Waals surface area contributed by atoms with E-state index in [0.29, 0.717) is 13.0 Å². The molecule has 0 radical (unpaired) electrons. The Kier molecular flexibility index (Phi) is 4.81. The molecule has 21 heavy (non-hydrogen) atoms. The van der Waals surface area contributed by atoms with Crippen molar-refractivity contribution >= 4 is 34.5 Å². The Bertz CT molecular complexity index is 689. The van der Waals surface area contributed by atoms with E-state index in [4.69, 9.17) is 11.6 Å². The standard InChI is InChI=1S/C12H11ClN4O3S/c1-7-16-8(6-21-7)2-3-14-12(18)10-4-9(17(19)20)5-15-11(10)13/h4-6H,2-3H2,1H3,(H,14,18). The lowest BCUT2D eigenvalue weighted by Crippen LogP contribution is -2.26. The summed E-state index contributed by atoms with van der Waals surface area (Å²) < 4.78 is 0. The van der Waals surface area contributed by atoms with Crippen LogP contribution in [0.15, 0.2) is 17.6 Å². The van der Waals surface area contributed by atoms with E-state index in [9.17, 15) is 14.9 Å². The molecule has 2 aromatic rings. The van der Waals surface area contributed by atoms with Gasteiger partial charge in [0.1, 0.15) is 11.3 Å². The van der Waals surface area contributed by atoms with Crippen LogP contribution in [0.5, 0.6) is 0 Å². The number of pyridine rings is 1. The van der Waals surface area contributed by atoms with Crippen LogP contribution >= 0.6 is 22.9 Å². The van der Waals surface area contributed by atoms with Gasteiger partial charge in [0.25, 0.3) is 11.6 Å². The molecule has 7 nitrogen and oxygen atoms in total. The second-order valence-electron chi connectivity index (χ2n) is 4.15. The number of thiazole rings is 1. The maximum absolute atomic E-state index is 12.0. The van der Waals surface area contributed by atoms with E-state index >= 15 is 0 Å². The summed E-state index contributed by atoms with van der Waals surface area (Å²) in [4.78, 5) is 29.9. The number of rotatable bonds is 5. The first-order valence-corrected chi connectivity index (χ1v) is 7.22. The summed E-state index contributed by atoms with van der Waals surface area (Å²) in [6.45, 7) is 2.27. The molecule has 0 aliphatic carbocycles. The van der Waals surface area contributed by atoms with Crippen LogP contribution in [0, 0.1) is 17.0 Å². The lowest BCUT2D eigenvalue weighted by Gasteiger charge is -2.05. The van der Waals surface area contributed by atoms with Crippen molar-refractivity contribution in [2.45, 2.75) is 13.3 Å². The Labute approximate surface area is 129 Å². The van der Waals surface area contributed by atoms with Gasteiger partial charge in [-0.1, -0.05) is 11.6 Å². The third kappa shape index (κ3) is 3.96. The van der Waals surface area contributed by atoms with Gasteiger partial charge in [-0.25, -0.2) is 9.97 Å². The van der Waals surface area contributed by atoms with Gasteiger partial charge in [-0.05, 0) is 6.92 Å². The second kappa shape index (κ2) is 6.59. The lowest BCUT2D eigenvalue weighted by molar-refractivity contribution is -0.385. The van der Waals surface area contributed by atoms with Crippen molar-refractivity contribution in [1.29, 1.82) is 0 Å². The van der Waals surface area contributed by atoms with Crippen LogP contribution in [-0.4, -0.2) is 27.3 Å². The van der Waals surface area contributed by atoms with E-state index in [1.165, 1.54) is 11.3 Å². The number of amides is 1. The number of halogens is 1. The molecule has 0 saturated carbocycles. The fourth-order valence-corrected chi connectivity index (χ4v) is 2.45. The number of hydrogen-bond donors (Lipinski definition) is 1. The third-order valence-corrected chi connectivity index (χ3v) is 3.74. The second-order valence-corrected chi connectivity index (χ2v) is 5.57. The van der Waals surface area contributed by atoms with Crippen molar-refractivity contribution in [2.75, 3.05) is 6.54 Å². The number of nitrogens with one attached hydrogen (secondary N) is 1. The number of nitrogens with zero attached hydrogens (tertiary/aromatic N) is 3. The van der Waals surface area contributed by atoms with Gasteiger partial charge < -0.3 is 5.32 Å². The predicted octanol–water partition coefficient (Wildman–Crippen LogP) is 2.38. The molecular weight excluding hydrogens is 316 g/mol. The van der Waals surface area contributed by atoms with Gasteiger partial charge >= 0.3 is 0 Å². The van der Waals surface area contributed by atoms with Gasteiger partial charge in [0.2, 0.25) is 0 Å². The molecule has 0 fully saturated rings. The monoisotopic (exact) mass is 326 g/mol. The quantitative estimate of drug-likeness (QED) is 0.516. The number of aromatic nitrogens is 2. The molecule has 0 aliphatic rings. The van der Waals surface area contributed by atoms with Gasteiger partial charge in [0.15, 0.2) is 0 Å². The molecule has 0 bridgehead atoms. The first-order chi connectivity index (χ1) is 9.97. The van der Waals surface area contributed by atoms with Crippen LogP contribution in [0.3, 0.4) is 0 Å². The highest BCUT2D eigenvalue weighted by atomic mass is 35.5. The van der Waals surface area contributed by atoms with Crippen LogP contribution in [0.1, 0.15) is 21.1 Å². The maximum atomic E-state index is 12.0. The molecule has 1 N–H and O–H groups in total. The summed E-state index contributed by atoms with van der Waals surface area (Å²) >= 11 is 7.33. The Balaban J connectivity index is 1.99. The highest BCUT2D eigenvalue weighted by molar-refractivity contribution is 7.09. The van der Waals surface area contributed by atoms with E-state index < -0.39 is 10.8 Å². The van der Waals surface area contributed by atoms with Crippen LogP contribution in [0.25, 0.3) is 0 Å². The molecule has 0 spiro atoms. The first-order valence-electron chi connectivity index (χ1n) is 5.96. The number of nitro groups is 1. The number of carbonyl (C=O) groups excluding carboxylic acids is 1. The number of aryl methyl sites for hydroxylation is 1. The SMILES string of the molecule is Cc1nc(CCNC(=O)c2cc([N+](=O)[O-])cnc2Cl)cs1. The zero-order valence-corrected chi connectivity index (χ0v) is 12.6. The molecule has 0 unspecified atom stereocenters. The van der Waals surface area contributed by atoms with E-state index in [1.54, 1.807) is 0 Å². The van der Waals surface area contributed by atoms with Crippen molar-refractivity contribution < 1.29 is 9.72 Å². The molecule has 0 aromatic carbocycles. The average Bonchev–Trinajstić information content (AvgIpc) is 2.84. The summed E-state index contributed by atoms with van der Waals surface area (Å²) in [6.07, 6.45) is 1.59. The molecule has 2 heterocycles. The van der Waals surface area contributed by atoms with E-state index in [-0.39, 0.29) is 16.4 Å². The van der Waals surface area contributed by atoms with Crippen LogP contribution in [0.2, 0.25) is 5.15 Å². The molecule has 0 aliphatic heterocycles. The van der Waals surface area contributed by atoms with E-state index in [2.05, 4.69) is 15.3 Å². The average molecular weight is 327 g/mol. The Morgan fingerprint density at radius 2 is 2.33 bits per heavy atom. The molecule has 9 heteroatoms. The molecule has 0 saturated heterocycles. The third-order valence-electron chi connectivity index (χ3n) is 2.61. The molecule has 0 atom stereocenters. The first kappa shape index (κ1) is 15.3. The van der Waals surface area contributed by atoms with Gasteiger partial charge in [0.05, 0.1) is 21.2 Å². The molecule has 1 amide bonds. The molecular formula is C12H11ClN4O3S. The number of hydrogen-bond acceptors (Lipinski definition) is 6. The van der Waals surface area contributed by atoms with Crippen molar-refractivity contribution in [1.82, 2.24) is 15.3 Å². The lowest BCUT2D eigenvalue weighted by atomic mass is 10.2.